The van der Waals surface area contributed by atoms with E-state index in [1.807, 2.05) is 13.2 Å². The van der Waals surface area contributed by atoms with Crippen LogP contribution in [-0.4, -0.2) is 44.8 Å². The molecule has 0 aliphatic heterocycles. The standard InChI is InChI=1S/C12H19N3O3S/c1-4-15-10(7-8(2)14-15)11(16)13-9(12(17)18)5-6-19-3/h7,9H,4-6H2,1-3H3,(H,13,16)(H,17,18)/t9-/m1/s1. The number of hydrogen-bond acceptors (Lipinski definition) is 4. The van der Waals surface area contributed by atoms with Crippen molar-refractivity contribution < 1.29 is 14.7 Å². The van der Waals surface area contributed by atoms with Crippen LogP contribution in [0.1, 0.15) is 29.5 Å². The molecule has 19 heavy (non-hydrogen) atoms. The molecule has 0 saturated heterocycles. The van der Waals surface area contributed by atoms with E-state index in [4.69, 9.17) is 5.11 Å². The maximum absolute atomic E-state index is 12.1. The molecule has 0 aliphatic carbocycles. The van der Waals surface area contributed by atoms with Crippen LogP contribution in [-0.2, 0) is 11.3 Å². The van der Waals surface area contributed by atoms with Crippen molar-refractivity contribution in [2.75, 3.05) is 12.0 Å². The normalized spacial score (nSPS) is 12.2. The van der Waals surface area contributed by atoms with E-state index in [2.05, 4.69) is 10.4 Å². The number of carboxylic acids is 1. The van der Waals surface area contributed by atoms with Crippen molar-refractivity contribution in [2.45, 2.75) is 32.9 Å². The van der Waals surface area contributed by atoms with Crippen LogP contribution < -0.4 is 5.32 Å². The molecule has 0 unspecified atom stereocenters. The Bertz CT molecular complexity index is 459. The molecule has 1 heterocycles. The second-order valence-corrected chi connectivity index (χ2v) is 5.12. The molecule has 1 aromatic rings. The van der Waals surface area contributed by atoms with Crippen LogP contribution in [0, 0.1) is 6.92 Å². The van der Waals surface area contributed by atoms with Crippen molar-refractivity contribution in [3.8, 4) is 0 Å². The van der Waals surface area contributed by atoms with Crippen LogP contribution in [0.4, 0.5) is 0 Å². The van der Waals surface area contributed by atoms with Gasteiger partial charge in [0.1, 0.15) is 11.7 Å². The average molecular weight is 285 g/mol. The van der Waals surface area contributed by atoms with Gasteiger partial charge < -0.3 is 10.4 Å². The zero-order chi connectivity index (χ0) is 14.4. The molecule has 1 aromatic heterocycles. The third-order valence-corrected chi connectivity index (χ3v) is 3.29. The highest BCUT2D eigenvalue weighted by atomic mass is 32.2. The minimum atomic E-state index is -1.01. The minimum Gasteiger partial charge on any atom is -0.480 e. The summed E-state index contributed by atoms with van der Waals surface area (Å²) in [5.74, 6) is -0.721. The SMILES string of the molecule is CCn1nc(C)cc1C(=O)N[C@H](CCSC)C(=O)O. The Morgan fingerprint density at radius 1 is 1.58 bits per heavy atom. The van der Waals surface area contributed by atoms with Gasteiger partial charge in [0.05, 0.1) is 5.69 Å². The molecular formula is C12H19N3O3S. The Hall–Kier alpha value is -1.50. The van der Waals surface area contributed by atoms with Gasteiger partial charge in [0.25, 0.3) is 5.91 Å². The van der Waals surface area contributed by atoms with E-state index < -0.39 is 17.9 Å². The molecule has 0 aliphatic rings. The van der Waals surface area contributed by atoms with Crippen LogP contribution in [0.2, 0.25) is 0 Å². The molecule has 1 atom stereocenters. The monoisotopic (exact) mass is 285 g/mol. The number of carboxylic acid groups (broad SMARTS) is 1. The highest BCUT2D eigenvalue weighted by Gasteiger charge is 2.22. The Kier molecular flexibility index (Phi) is 5.88. The number of aryl methyl sites for hydroxylation is 2. The number of rotatable bonds is 7. The van der Waals surface area contributed by atoms with Gasteiger partial charge in [0.2, 0.25) is 0 Å². The number of carbonyl (C=O) groups excluding carboxylic acids is 1. The lowest BCUT2D eigenvalue weighted by atomic mass is 10.2. The van der Waals surface area contributed by atoms with Crippen LogP contribution in [0.5, 0.6) is 0 Å². The van der Waals surface area contributed by atoms with E-state index in [1.54, 1.807) is 29.4 Å². The fraction of sp³-hybridized carbons (Fsp3) is 0.583. The summed E-state index contributed by atoms with van der Waals surface area (Å²) >= 11 is 1.55. The van der Waals surface area contributed by atoms with Crippen LogP contribution >= 0.6 is 11.8 Å². The van der Waals surface area contributed by atoms with Gasteiger partial charge >= 0.3 is 5.97 Å². The van der Waals surface area contributed by atoms with Crippen molar-refractivity contribution in [2.24, 2.45) is 0 Å². The molecule has 0 fully saturated rings. The van der Waals surface area contributed by atoms with Gasteiger partial charge in [0.15, 0.2) is 0 Å². The molecule has 0 aromatic carbocycles. The van der Waals surface area contributed by atoms with Crippen LogP contribution in [0.15, 0.2) is 6.07 Å². The largest absolute Gasteiger partial charge is 0.480 e. The summed E-state index contributed by atoms with van der Waals surface area (Å²) in [4.78, 5) is 23.2. The van der Waals surface area contributed by atoms with Gasteiger partial charge in [0, 0.05) is 6.54 Å². The fourth-order valence-electron chi connectivity index (χ4n) is 1.69. The number of nitrogens with zero attached hydrogens (tertiary/aromatic N) is 2. The van der Waals surface area contributed by atoms with Gasteiger partial charge in [-0.15, -0.1) is 0 Å². The Balaban J connectivity index is 2.78. The maximum Gasteiger partial charge on any atom is 0.326 e. The molecule has 2 N–H and O–H groups in total. The van der Waals surface area contributed by atoms with Crippen molar-refractivity contribution in [1.29, 1.82) is 0 Å². The van der Waals surface area contributed by atoms with E-state index in [1.165, 1.54) is 0 Å². The topological polar surface area (TPSA) is 84.2 Å². The summed E-state index contributed by atoms with van der Waals surface area (Å²) in [6.45, 7) is 4.25. The Labute approximate surface area is 116 Å². The molecule has 6 nitrogen and oxygen atoms in total. The lowest BCUT2D eigenvalue weighted by molar-refractivity contribution is -0.139. The van der Waals surface area contributed by atoms with Gasteiger partial charge in [-0.2, -0.15) is 16.9 Å². The summed E-state index contributed by atoms with van der Waals surface area (Å²) in [5.41, 5.74) is 1.14. The molecule has 1 rings (SSSR count). The lowest BCUT2D eigenvalue weighted by Gasteiger charge is -2.14. The first-order valence-corrected chi connectivity index (χ1v) is 7.46. The molecular weight excluding hydrogens is 266 g/mol. The quantitative estimate of drug-likeness (QED) is 0.785. The highest BCUT2D eigenvalue weighted by Crippen LogP contribution is 2.06. The zero-order valence-corrected chi connectivity index (χ0v) is 12.2. The summed E-state index contributed by atoms with van der Waals surface area (Å²) in [5, 5.41) is 15.8. The van der Waals surface area contributed by atoms with E-state index in [9.17, 15) is 9.59 Å². The number of aromatic nitrogens is 2. The van der Waals surface area contributed by atoms with E-state index in [0.717, 1.165) is 5.69 Å². The third kappa shape index (κ3) is 4.27. The number of aliphatic carboxylic acids is 1. The average Bonchev–Trinajstić information content (AvgIpc) is 2.75. The maximum atomic E-state index is 12.1. The van der Waals surface area contributed by atoms with Crippen molar-refractivity contribution in [1.82, 2.24) is 15.1 Å². The molecule has 0 saturated carbocycles. The number of amides is 1. The first kappa shape index (κ1) is 15.6. The number of carbonyl (C=O) groups is 2. The second kappa shape index (κ2) is 7.18. The molecule has 0 radical (unpaired) electrons. The fourth-order valence-corrected chi connectivity index (χ4v) is 2.17. The number of hydrogen-bond donors (Lipinski definition) is 2. The smallest absolute Gasteiger partial charge is 0.326 e. The second-order valence-electron chi connectivity index (χ2n) is 4.13. The third-order valence-electron chi connectivity index (χ3n) is 2.65. The van der Waals surface area contributed by atoms with E-state index >= 15 is 0 Å². The number of thioether (sulfide) groups is 1. The van der Waals surface area contributed by atoms with Gasteiger partial charge in [-0.1, -0.05) is 0 Å². The van der Waals surface area contributed by atoms with Crippen LogP contribution in [0.25, 0.3) is 0 Å². The molecule has 7 heteroatoms. The molecule has 106 valence electrons. The zero-order valence-electron chi connectivity index (χ0n) is 11.3. The van der Waals surface area contributed by atoms with Crippen molar-refractivity contribution in [3.63, 3.8) is 0 Å². The van der Waals surface area contributed by atoms with E-state index in [-0.39, 0.29) is 0 Å². The summed E-state index contributed by atoms with van der Waals surface area (Å²) in [6.07, 6.45) is 2.30. The van der Waals surface area contributed by atoms with Crippen molar-refractivity contribution >= 4 is 23.6 Å². The predicted molar refractivity (Wildman–Crippen MR) is 74.5 cm³/mol. The van der Waals surface area contributed by atoms with Gasteiger partial charge in [-0.3, -0.25) is 9.48 Å². The first-order chi connectivity index (χ1) is 8.99. The summed E-state index contributed by atoms with van der Waals surface area (Å²) < 4.78 is 1.57. The Morgan fingerprint density at radius 2 is 2.26 bits per heavy atom. The minimum absolute atomic E-state index is 0.393. The molecule has 0 bridgehead atoms. The first-order valence-electron chi connectivity index (χ1n) is 6.06. The Morgan fingerprint density at radius 3 is 2.79 bits per heavy atom. The number of nitrogens with one attached hydrogen (secondary N) is 1. The van der Waals surface area contributed by atoms with Crippen molar-refractivity contribution in [3.05, 3.63) is 17.5 Å². The predicted octanol–water partition coefficient (Wildman–Crippen LogP) is 1.15. The van der Waals surface area contributed by atoms with Crippen LogP contribution in [0.3, 0.4) is 0 Å². The molecule has 1 amide bonds. The lowest BCUT2D eigenvalue weighted by Crippen LogP contribution is -2.41. The molecule has 0 spiro atoms. The summed E-state index contributed by atoms with van der Waals surface area (Å²) in [7, 11) is 0. The van der Waals surface area contributed by atoms with E-state index in [0.29, 0.717) is 24.4 Å². The van der Waals surface area contributed by atoms with Gasteiger partial charge in [-0.25, -0.2) is 4.79 Å². The highest BCUT2D eigenvalue weighted by molar-refractivity contribution is 7.98. The summed E-state index contributed by atoms with van der Waals surface area (Å²) in [6, 6.07) is 0.798. The van der Waals surface area contributed by atoms with Gasteiger partial charge in [-0.05, 0) is 38.3 Å².